The van der Waals surface area contributed by atoms with Gasteiger partial charge < -0.3 is 21.3 Å². The van der Waals surface area contributed by atoms with Crippen molar-refractivity contribution in [2.75, 3.05) is 21.3 Å². The number of alkyl halides is 3. The van der Waals surface area contributed by atoms with Gasteiger partial charge in [-0.2, -0.15) is 23.3 Å². The smallest absolute Gasteiger partial charge is 0.325 e. The Bertz CT molecular complexity index is 1450. The maximum Gasteiger partial charge on any atom is 0.417 e. The van der Waals surface area contributed by atoms with Crippen LogP contribution >= 0.6 is 11.6 Å². The first-order valence-corrected chi connectivity index (χ1v) is 11.3. The zero-order valence-electron chi connectivity index (χ0n) is 19.9. The summed E-state index contributed by atoms with van der Waals surface area (Å²) in [5.74, 6) is 1.63. The summed E-state index contributed by atoms with van der Waals surface area (Å²) in [5.41, 5.74) is 2.40. The molecule has 0 aliphatic heterocycles. The number of nitrogens with zero attached hydrogens (tertiary/aromatic N) is 3. The highest BCUT2D eigenvalue weighted by molar-refractivity contribution is 6.31. The number of rotatable bonds is 6. The van der Waals surface area contributed by atoms with Crippen LogP contribution in [0.15, 0.2) is 48.5 Å². The van der Waals surface area contributed by atoms with Gasteiger partial charge in [0.05, 0.1) is 16.3 Å². The Morgan fingerprint density at radius 1 is 0.892 bits per heavy atom. The average molecular weight is 531 g/mol. The third-order valence-corrected chi connectivity index (χ3v) is 5.41. The molecule has 37 heavy (non-hydrogen) atoms. The van der Waals surface area contributed by atoms with Crippen LogP contribution in [0.2, 0.25) is 5.02 Å². The van der Waals surface area contributed by atoms with E-state index in [1.165, 1.54) is 6.07 Å². The van der Waals surface area contributed by atoms with Crippen molar-refractivity contribution < 1.29 is 18.0 Å². The Balaban J connectivity index is 1.43. The fourth-order valence-electron chi connectivity index (χ4n) is 3.43. The fourth-order valence-corrected chi connectivity index (χ4v) is 3.65. The molecule has 0 atom stereocenters. The molecule has 0 saturated heterocycles. The second kappa shape index (κ2) is 10.3. The van der Waals surface area contributed by atoms with Gasteiger partial charge in [-0.3, -0.25) is 5.10 Å². The topological polar surface area (TPSA) is 120 Å². The number of halogens is 4. The zero-order valence-corrected chi connectivity index (χ0v) is 20.6. The molecule has 0 bridgehead atoms. The molecule has 5 N–H and O–H groups in total. The van der Waals surface area contributed by atoms with E-state index in [1.807, 2.05) is 26.8 Å². The second-order valence-electron chi connectivity index (χ2n) is 8.19. The Hall–Kier alpha value is -4.32. The van der Waals surface area contributed by atoms with Gasteiger partial charge in [0, 0.05) is 34.9 Å². The summed E-state index contributed by atoms with van der Waals surface area (Å²) in [6, 6.07) is 11.1. The van der Waals surface area contributed by atoms with Gasteiger partial charge >= 0.3 is 12.2 Å². The molecule has 0 spiro atoms. The molecular weight excluding hydrogens is 509 g/mol. The van der Waals surface area contributed by atoms with Crippen LogP contribution in [-0.2, 0) is 6.18 Å². The van der Waals surface area contributed by atoms with Crippen molar-refractivity contribution in [3.8, 4) is 0 Å². The van der Waals surface area contributed by atoms with Crippen LogP contribution in [-0.4, -0.2) is 26.2 Å². The second-order valence-corrected chi connectivity index (χ2v) is 8.60. The summed E-state index contributed by atoms with van der Waals surface area (Å²) < 4.78 is 39.2. The molecule has 2 aromatic carbocycles. The van der Waals surface area contributed by atoms with Crippen LogP contribution in [0.5, 0.6) is 0 Å². The summed E-state index contributed by atoms with van der Waals surface area (Å²) in [6.07, 6.45) is -4.64. The van der Waals surface area contributed by atoms with Crippen molar-refractivity contribution in [1.82, 2.24) is 20.2 Å². The van der Waals surface area contributed by atoms with Gasteiger partial charge in [0.2, 0.25) is 5.95 Å². The number of carbonyl (C=O) groups is 1. The highest BCUT2D eigenvalue weighted by Crippen LogP contribution is 2.36. The van der Waals surface area contributed by atoms with Gasteiger partial charge in [-0.25, -0.2) is 9.78 Å². The van der Waals surface area contributed by atoms with E-state index in [9.17, 15) is 18.0 Å². The first kappa shape index (κ1) is 25.8. The minimum atomic E-state index is -4.64. The SMILES string of the molecule is Cc1cc(Nc2cc(C)nc(Nc3ccc(NC(=O)Nc4ccc(Cl)c(C(F)(F)F)c4)cc3C)n2)[nH]n1. The molecule has 0 aliphatic rings. The third kappa shape index (κ3) is 6.67. The fraction of sp³-hybridized carbons (Fsp3) is 0.167. The Morgan fingerprint density at radius 3 is 2.24 bits per heavy atom. The van der Waals surface area contributed by atoms with Crippen molar-refractivity contribution in [3.05, 3.63) is 76.1 Å². The largest absolute Gasteiger partial charge is 0.417 e. The number of urea groups is 1. The van der Waals surface area contributed by atoms with E-state index in [2.05, 4.69) is 41.4 Å². The molecule has 0 aliphatic carbocycles. The van der Waals surface area contributed by atoms with Crippen molar-refractivity contribution in [1.29, 1.82) is 0 Å². The molecular formula is C24H22ClF3N8O. The number of aryl methyl sites for hydroxylation is 3. The molecule has 2 amide bonds. The predicted molar refractivity (Wildman–Crippen MR) is 137 cm³/mol. The minimum Gasteiger partial charge on any atom is -0.325 e. The molecule has 0 unspecified atom stereocenters. The number of benzene rings is 2. The molecule has 0 radical (unpaired) electrons. The average Bonchev–Trinajstić information content (AvgIpc) is 3.20. The molecule has 13 heteroatoms. The van der Waals surface area contributed by atoms with E-state index in [-0.39, 0.29) is 5.69 Å². The maximum absolute atomic E-state index is 13.1. The lowest BCUT2D eigenvalue weighted by Crippen LogP contribution is -2.20. The van der Waals surface area contributed by atoms with Crippen LogP contribution < -0.4 is 21.3 Å². The van der Waals surface area contributed by atoms with Crippen LogP contribution in [0.3, 0.4) is 0 Å². The number of hydrogen-bond acceptors (Lipinski definition) is 6. The number of amides is 2. The number of H-pyrrole nitrogens is 1. The van der Waals surface area contributed by atoms with Crippen molar-refractivity contribution >= 4 is 52.3 Å². The number of aromatic nitrogens is 4. The minimum absolute atomic E-state index is 0.0458. The lowest BCUT2D eigenvalue weighted by atomic mass is 10.1. The Morgan fingerprint density at radius 2 is 1.59 bits per heavy atom. The van der Waals surface area contributed by atoms with E-state index < -0.39 is 22.8 Å². The number of hydrogen-bond donors (Lipinski definition) is 5. The molecule has 192 valence electrons. The van der Waals surface area contributed by atoms with Gasteiger partial charge in [-0.1, -0.05) is 11.6 Å². The molecule has 0 fully saturated rings. The maximum atomic E-state index is 13.1. The standard InChI is InChI=1S/C24H22ClF3N8O/c1-12-8-15(30-23(37)31-16-4-6-18(25)17(11-16)24(26,27)28)5-7-19(12)32-22-29-13(2)9-20(34-22)33-21-10-14(3)35-36-21/h4-11H,1-3H3,(H2,30,31,37)(H3,29,32,33,34,35,36). The first-order valence-electron chi connectivity index (χ1n) is 10.9. The number of nitrogens with one attached hydrogen (secondary N) is 5. The molecule has 0 saturated carbocycles. The van der Waals surface area contributed by atoms with E-state index in [0.717, 1.165) is 29.1 Å². The number of aromatic amines is 1. The molecule has 4 aromatic rings. The van der Waals surface area contributed by atoms with E-state index in [4.69, 9.17) is 11.6 Å². The van der Waals surface area contributed by atoms with Gasteiger partial charge in [0.25, 0.3) is 0 Å². The van der Waals surface area contributed by atoms with Gasteiger partial charge in [-0.05, 0) is 62.7 Å². The normalized spacial score (nSPS) is 11.2. The van der Waals surface area contributed by atoms with Crippen LogP contribution in [0.25, 0.3) is 0 Å². The molecule has 9 nitrogen and oxygen atoms in total. The Kier molecular flexibility index (Phi) is 7.21. The van der Waals surface area contributed by atoms with E-state index in [0.29, 0.717) is 29.0 Å². The number of anilines is 6. The lowest BCUT2D eigenvalue weighted by Gasteiger charge is -2.14. The summed E-state index contributed by atoms with van der Waals surface area (Å²) in [6.45, 7) is 5.53. The van der Waals surface area contributed by atoms with E-state index in [1.54, 1.807) is 24.3 Å². The molecule has 4 rings (SSSR count). The quantitative estimate of drug-likeness (QED) is 0.184. The summed E-state index contributed by atoms with van der Waals surface area (Å²) in [7, 11) is 0. The highest BCUT2D eigenvalue weighted by atomic mass is 35.5. The van der Waals surface area contributed by atoms with Crippen LogP contribution in [0.1, 0.15) is 22.5 Å². The highest BCUT2D eigenvalue weighted by Gasteiger charge is 2.33. The molecule has 2 heterocycles. The van der Waals surface area contributed by atoms with Crippen molar-refractivity contribution in [2.24, 2.45) is 0 Å². The van der Waals surface area contributed by atoms with Gasteiger partial charge in [0.1, 0.15) is 11.6 Å². The van der Waals surface area contributed by atoms with Gasteiger partial charge in [-0.15, -0.1) is 0 Å². The summed E-state index contributed by atoms with van der Waals surface area (Å²) in [4.78, 5) is 21.2. The monoisotopic (exact) mass is 530 g/mol. The summed E-state index contributed by atoms with van der Waals surface area (Å²) in [5, 5.41) is 17.8. The Labute approximate surface area is 214 Å². The zero-order chi connectivity index (χ0) is 26.7. The van der Waals surface area contributed by atoms with Crippen LogP contribution in [0, 0.1) is 20.8 Å². The number of carbonyl (C=O) groups excluding carboxylic acids is 1. The predicted octanol–water partition coefficient (Wildman–Crippen LogP) is 6.93. The third-order valence-electron chi connectivity index (χ3n) is 5.08. The van der Waals surface area contributed by atoms with E-state index >= 15 is 0 Å². The van der Waals surface area contributed by atoms with Crippen molar-refractivity contribution in [3.63, 3.8) is 0 Å². The lowest BCUT2D eigenvalue weighted by molar-refractivity contribution is -0.137. The summed E-state index contributed by atoms with van der Waals surface area (Å²) >= 11 is 5.62. The van der Waals surface area contributed by atoms with Crippen molar-refractivity contribution in [2.45, 2.75) is 26.9 Å². The van der Waals surface area contributed by atoms with Crippen LogP contribution in [0.4, 0.5) is 52.6 Å². The first-order chi connectivity index (χ1) is 17.5. The molecule has 2 aromatic heterocycles. The van der Waals surface area contributed by atoms with Gasteiger partial charge in [0.15, 0.2) is 0 Å².